The van der Waals surface area contributed by atoms with E-state index in [1.165, 1.54) is 53.1 Å². The number of para-hydroxylation sites is 4. The second kappa shape index (κ2) is 21.8. The number of amides is 2. The molecule has 2 unspecified atom stereocenters. The van der Waals surface area contributed by atoms with Crippen LogP contribution in [0.15, 0.2) is 170 Å². The van der Waals surface area contributed by atoms with E-state index in [1.807, 2.05) is 72.8 Å². The molecule has 12 nitrogen and oxygen atoms in total. The van der Waals surface area contributed by atoms with Crippen LogP contribution in [0.1, 0.15) is 117 Å². The Kier molecular flexibility index (Phi) is 13.6. The molecular formula is C68H62F2N8O4. The van der Waals surface area contributed by atoms with Gasteiger partial charge in [0.1, 0.15) is 46.8 Å². The first-order valence-corrected chi connectivity index (χ1v) is 28.1. The fourth-order valence-electron chi connectivity index (χ4n) is 12.4. The highest BCUT2D eigenvalue weighted by Gasteiger charge is 2.40. The number of piperidine rings is 2. The smallest absolute Gasteiger partial charge is 0.255 e. The van der Waals surface area contributed by atoms with Gasteiger partial charge < -0.3 is 39.8 Å². The number of aromatic hydroxyl groups is 2. The van der Waals surface area contributed by atoms with E-state index < -0.39 is 23.7 Å². The van der Waals surface area contributed by atoms with Crippen LogP contribution in [0.2, 0.25) is 0 Å². The van der Waals surface area contributed by atoms with Gasteiger partial charge in [-0.1, -0.05) is 97.1 Å². The summed E-state index contributed by atoms with van der Waals surface area (Å²) in [6.07, 6.45) is 4.65. The van der Waals surface area contributed by atoms with Gasteiger partial charge in [0, 0.05) is 35.3 Å². The predicted molar refractivity (Wildman–Crippen MR) is 314 cm³/mol. The number of benzene rings is 8. The molecule has 0 saturated carbocycles. The summed E-state index contributed by atoms with van der Waals surface area (Å²) in [6.45, 7) is 4.89. The quantitative estimate of drug-likeness (QED) is 0.106. The number of hydrogen-bond donors (Lipinski definition) is 4. The van der Waals surface area contributed by atoms with Crippen molar-refractivity contribution in [1.29, 1.82) is 0 Å². The number of nitrogens with zero attached hydrogens (tertiary/aromatic N) is 6. The average molecular weight is 1090 g/mol. The van der Waals surface area contributed by atoms with Gasteiger partial charge in [0.25, 0.3) is 11.8 Å². The third-order valence-corrected chi connectivity index (χ3v) is 17.1. The molecule has 14 heteroatoms. The molecular weight excluding hydrogens is 1030 g/mol. The molecule has 8 aromatic carbocycles. The fourth-order valence-corrected chi connectivity index (χ4v) is 12.4. The summed E-state index contributed by atoms with van der Waals surface area (Å²) >= 11 is 0. The minimum absolute atomic E-state index is 0.0626. The number of halogens is 2. The molecule has 412 valence electrons. The van der Waals surface area contributed by atoms with Crippen LogP contribution in [0.3, 0.4) is 0 Å². The molecule has 2 aromatic heterocycles. The molecule has 2 amide bonds. The predicted octanol–water partition coefficient (Wildman–Crippen LogP) is 13.3. The van der Waals surface area contributed by atoms with Gasteiger partial charge in [-0.2, -0.15) is 0 Å². The van der Waals surface area contributed by atoms with Crippen molar-refractivity contribution in [3.8, 4) is 33.8 Å². The lowest BCUT2D eigenvalue weighted by molar-refractivity contribution is 0.0716. The SMILES string of the molecule is CN1CCC(c2ccc(-c3ccc4c(c3)C(=O)N(C(c3nc5ccccc5[nH]3)c3cc(F)ccc3O)C4)cc2)CC1.[2H]C(c1nc2ccccc2[nH]1)(c1cc(F)ccc1O)N1Cc2ccc(-c3ccc(C4CCN(C)CC4)cc3)cc2C1=O. The molecule has 82 heavy (non-hydrogen) atoms. The second-order valence-corrected chi connectivity index (χ2v) is 22.3. The van der Waals surface area contributed by atoms with Crippen LogP contribution in [0.25, 0.3) is 44.3 Å². The second-order valence-electron chi connectivity index (χ2n) is 22.3. The standard InChI is InChI=1S/2C34H31FN4O2/c2*1-38-16-14-23(15-17-38)21-6-8-22(9-7-21)24-10-11-25-20-39(34(41)27(25)18-24)32(28-19-26(35)12-13-31(28)40)33-36-29-4-2-3-5-30(29)37-33/h2*2-13,18-19,23,32,40H,14-17,20H2,1H3,(H,36,37)/i32D;. The Morgan fingerprint density at radius 3 is 1.45 bits per heavy atom. The number of carbonyl (C=O) groups excluding carboxylic acids is 2. The van der Waals surface area contributed by atoms with Crippen molar-refractivity contribution in [2.45, 2.75) is 62.7 Å². The third-order valence-electron chi connectivity index (χ3n) is 17.1. The highest BCUT2D eigenvalue weighted by Crippen LogP contribution is 2.43. The Bertz CT molecular complexity index is 4030. The van der Waals surface area contributed by atoms with Crippen molar-refractivity contribution < 1.29 is 30.0 Å². The molecule has 0 radical (unpaired) electrons. The zero-order valence-electron chi connectivity index (χ0n) is 46.6. The van der Waals surface area contributed by atoms with Crippen molar-refractivity contribution >= 4 is 33.9 Å². The summed E-state index contributed by atoms with van der Waals surface area (Å²) in [4.78, 5) is 51.6. The van der Waals surface area contributed by atoms with Gasteiger partial charge in [0.15, 0.2) is 0 Å². The Morgan fingerprint density at radius 1 is 0.512 bits per heavy atom. The maximum atomic E-state index is 14.5. The number of carbonyl (C=O) groups is 2. The number of H-pyrrole nitrogens is 2. The van der Waals surface area contributed by atoms with Crippen LogP contribution >= 0.6 is 0 Å². The van der Waals surface area contributed by atoms with Crippen LogP contribution in [0, 0.1) is 11.6 Å². The molecule has 4 aliphatic heterocycles. The molecule has 6 heterocycles. The van der Waals surface area contributed by atoms with Gasteiger partial charge in [0.05, 0.1) is 23.4 Å². The molecule has 2 saturated heterocycles. The molecule has 2 atom stereocenters. The summed E-state index contributed by atoms with van der Waals surface area (Å²) in [5, 5.41) is 21.6. The maximum Gasteiger partial charge on any atom is 0.255 e. The van der Waals surface area contributed by atoms with Gasteiger partial charge in [-0.15, -0.1) is 0 Å². The van der Waals surface area contributed by atoms with Crippen molar-refractivity contribution in [1.82, 2.24) is 39.5 Å². The number of fused-ring (bicyclic) bond motifs is 4. The van der Waals surface area contributed by atoms with Crippen molar-refractivity contribution in [2.75, 3.05) is 40.3 Å². The molecule has 2 fully saturated rings. The number of rotatable bonds is 10. The lowest BCUT2D eigenvalue weighted by Gasteiger charge is -2.29. The van der Waals surface area contributed by atoms with Gasteiger partial charge in [0.2, 0.25) is 0 Å². The minimum Gasteiger partial charge on any atom is -0.508 e. The third kappa shape index (κ3) is 10.2. The van der Waals surface area contributed by atoms with Crippen molar-refractivity contribution in [2.24, 2.45) is 0 Å². The molecule has 4 aliphatic rings. The van der Waals surface area contributed by atoms with E-state index in [0.29, 0.717) is 46.4 Å². The first-order chi connectivity index (χ1) is 40.2. The number of hydrogen-bond acceptors (Lipinski definition) is 8. The lowest BCUT2D eigenvalue weighted by Crippen LogP contribution is -2.31. The first kappa shape index (κ1) is 51.2. The van der Waals surface area contributed by atoms with E-state index in [-0.39, 0.29) is 46.8 Å². The monoisotopic (exact) mass is 1090 g/mol. The largest absolute Gasteiger partial charge is 0.508 e. The van der Waals surface area contributed by atoms with Crippen molar-refractivity contribution in [3.63, 3.8) is 0 Å². The zero-order chi connectivity index (χ0) is 57.1. The summed E-state index contributed by atoms with van der Waals surface area (Å²) in [7, 11) is 4.34. The number of phenols is 2. The Labute approximate surface area is 475 Å². The van der Waals surface area contributed by atoms with Gasteiger partial charge in [-0.3, -0.25) is 9.59 Å². The number of aromatic amines is 2. The number of phenolic OH excluding ortho intramolecular Hbond substituents is 2. The first-order valence-electron chi connectivity index (χ1n) is 28.6. The fraction of sp³-hybridized carbons (Fsp3) is 0.235. The van der Waals surface area contributed by atoms with Crippen LogP contribution in [0.5, 0.6) is 11.5 Å². The van der Waals surface area contributed by atoms with Crippen molar-refractivity contribution in [3.05, 3.63) is 238 Å². The highest BCUT2D eigenvalue weighted by molar-refractivity contribution is 6.01. The maximum absolute atomic E-state index is 14.5. The van der Waals surface area contributed by atoms with E-state index >= 15 is 0 Å². The topological polar surface area (TPSA) is 145 Å². The summed E-state index contributed by atoms with van der Waals surface area (Å²) in [5.74, 6) is -0.314. The van der Waals surface area contributed by atoms with E-state index in [4.69, 9.17) is 4.98 Å². The van der Waals surface area contributed by atoms with E-state index in [1.54, 1.807) is 11.0 Å². The Balaban J connectivity index is 0.000000155. The lowest BCUT2D eigenvalue weighted by atomic mass is 9.88. The zero-order valence-corrected chi connectivity index (χ0v) is 45.6. The van der Waals surface area contributed by atoms with Gasteiger partial charge in [-0.05, 0) is 195 Å². The summed E-state index contributed by atoms with van der Waals surface area (Å²) in [5.41, 5.74) is 12.5. The summed E-state index contributed by atoms with van der Waals surface area (Å²) < 4.78 is 38.7. The number of imidazole rings is 2. The highest BCUT2D eigenvalue weighted by atomic mass is 19.1. The molecule has 14 rings (SSSR count). The Morgan fingerprint density at radius 2 is 0.939 bits per heavy atom. The summed E-state index contributed by atoms with van der Waals surface area (Å²) in [6, 6.07) is 48.4. The normalized spacial score (nSPS) is 17.4. The number of aromatic nitrogens is 4. The Hall–Kier alpha value is -8.98. The molecule has 4 N–H and O–H groups in total. The minimum atomic E-state index is -2.02. The molecule has 0 aliphatic carbocycles. The van der Waals surface area contributed by atoms with Crippen LogP contribution in [-0.4, -0.2) is 102 Å². The van der Waals surface area contributed by atoms with E-state index in [0.717, 1.165) is 95.6 Å². The number of likely N-dealkylation sites (tertiary alicyclic amines) is 2. The van der Waals surface area contributed by atoms with Crippen LogP contribution in [-0.2, 0) is 13.1 Å². The van der Waals surface area contributed by atoms with Crippen LogP contribution in [0.4, 0.5) is 8.78 Å². The molecule has 10 aromatic rings. The van der Waals surface area contributed by atoms with Gasteiger partial charge >= 0.3 is 0 Å². The number of nitrogens with one attached hydrogen (secondary N) is 2. The van der Waals surface area contributed by atoms with Gasteiger partial charge in [-0.25, -0.2) is 18.7 Å². The average Bonchev–Trinajstić information content (AvgIpc) is 4.44. The van der Waals surface area contributed by atoms with E-state index in [2.05, 4.69) is 93.4 Å². The molecule has 0 spiro atoms. The molecule has 0 bridgehead atoms. The van der Waals surface area contributed by atoms with E-state index in [9.17, 15) is 30.0 Å². The van der Waals surface area contributed by atoms with Crippen LogP contribution < -0.4 is 0 Å².